The molecule has 0 aromatic carbocycles. The van der Waals surface area contributed by atoms with Crippen molar-refractivity contribution in [3.8, 4) is 0 Å². The van der Waals surface area contributed by atoms with Gasteiger partial charge in [0.15, 0.2) is 5.79 Å². The summed E-state index contributed by atoms with van der Waals surface area (Å²) in [5.41, 5.74) is 0. The molecule has 14 heteroatoms. The van der Waals surface area contributed by atoms with E-state index < -0.39 is 110 Å². The molecule has 2 aliphatic heterocycles. The predicted octanol–water partition coefficient (Wildman–Crippen LogP) is 2.77. The maximum atomic E-state index is 12.5. The molecule has 2 bridgehead atoms. The average molecular weight is 795 g/mol. The topological polar surface area (TPSA) is 244 Å². The van der Waals surface area contributed by atoms with E-state index in [-0.39, 0.29) is 38.0 Å². The van der Waals surface area contributed by atoms with Crippen molar-refractivity contribution in [2.75, 3.05) is 7.11 Å². The minimum absolute atomic E-state index is 0.0532. The van der Waals surface area contributed by atoms with Gasteiger partial charge in [-0.3, -0.25) is 9.59 Å². The van der Waals surface area contributed by atoms with Gasteiger partial charge in [-0.15, -0.1) is 0 Å². The molecule has 2 aliphatic rings. The van der Waals surface area contributed by atoms with Gasteiger partial charge < -0.3 is 60.2 Å². The van der Waals surface area contributed by atoms with E-state index in [1.807, 2.05) is 55.5 Å². The van der Waals surface area contributed by atoms with Crippen molar-refractivity contribution in [3.63, 3.8) is 0 Å². The second kappa shape index (κ2) is 25.4. The van der Waals surface area contributed by atoms with E-state index in [1.54, 1.807) is 38.2 Å². The summed E-state index contributed by atoms with van der Waals surface area (Å²) in [6.45, 7) is 5.29. The Morgan fingerprint density at radius 3 is 1.95 bits per heavy atom. The third-order valence-electron chi connectivity index (χ3n) is 10.3. The van der Waals surface area contributed by atoms with Crippen LogP contribution >= 0.6 is 0 Å². The summed E-state index contributed by atoms with van der Waals surface area (Å²) in [7, 11) is 1.42. The van der Waals surface area contributed by atoms with Crippen LogP contribution in [0.25, 0.3) is 0 Å². The Labute approximate surface area is 330 Å². The first-order valence-electron chi connectivity index (χ1n) is 19.6. The summed E-state index contributed by atoms with van der Waals surface area (Å²) in [5.74, 6) is -6.28. The van der Waals surface area contributed by atoms with Gasteiger partial charge in [0.05, 0.1) is 61.4 Å². The Balaban J connectivity index is 2.18. The molecule has 2 heterocycles. The lowest BCUT2D eigenvalue weighted by Crippen LogP contribution is -2.56. The first-order valence-corrected chi connectivity index (χ1v) is 19.6. The van der Waals surface area contributed by atoms with Gasteiger partial charge in [0.25, 0.3) is 0 Å². The molecule has 0 aliphatic carbocycles. The highest BCUT2D eigenvalue weighted by molar-refractivity contribution is 5.71. The number of hydrogen-bond donors (Lipinski definition) is 9. The molecule has 14 atom stereocenters. The van der Waals surface area contributed by atoms with E-state index in [9.17, 15) is 55.5 Å². The average Bonchev–Trinajstić information content (AvgIpc) is 3.11. The van der Waals surface area contributed by atoms with Crippen LogP contribution < -0.4 is 0 Å². The van der Waals surface area contributed by atoms with Gasteiger partial charge in [0, 0.05) is 38.2 Å². The molecule has 2 rings (SSSR count). The maximum absolute atomic E-state index is 12.5. The van der Waals surface area contributed by atoms with Crippen LogP contribution in [0.15, 0.2) is 72.9 Å². The fourth-order valence-electron chi connectivity index (χ4n) is 6.83. The predicted molar refractivity (Wildman–Crippen MR) is 209 cm³/mol. The number of methoxy groups -OCH3 is 1. The number of carbonyl (C=O) groups is 2. The molecule has 1 fully saturated rings. The normalized spacial score (nSPS) is 42.3. The minimum atomic E-state index is -2.19. The molecule has 1 saturated heterocycles. The number of cyclic esters (lactones) is 1. The van der Waals surface area contributed by atoms with Gasteiger partial charge in [-0.05, 0) is 45.4 Å². The summed E-state index contributed by atoms with van der Waals surface area (Å²) in [6, 6.07) is 0. The van der Waals surface area contributed by atoms with Crippen LogP contribution in [0.2, 0.25) is 0 Å². The van der Waals surface area contributed by atoms with Crippen LogP contribution in [0.5, 0.6) is 0 Å². The van der Waals surface area contributed by atoms with Crippen molar-refractivity contribution in [3.05, 3.63) is 72.9 Å². The number of fused-ring (bicyclic) bond motifs is 2. The number of ether oxygens (including phenoxy) is 3. The SMILES string of the molecule is CO[C@H]1/C=C/C=C/C=C/C=C/CC/C=C/C=C/[C@H](C)[C@@H](O)[C@@H](C)[C@H](C)OC(=O)C[C@H](O)C[C@H](O)C[C@H](O)CC[C@@H](O)[C@H](O)C[C@]2(O)C[C@H](O)[C@@H](C(=O)O)[C@H](C1)O2. The molecule has 0 aromatic rings. The first kappa shape index (κ1) is 49.1. The number of carboxylic acid groups (broad SMARTS) is 1. The molecule has 14 nitrogen and oxygen atoms in total. The number of aliphatic hydroxyl groups is 8. The Morgan fingerprint density at radius 1 is 0.732 bits per heavy atom. The van der Waals surface area contributed by atoms with Crippen LogP contribution in [-0.4, -0.2) is 132 Å². The van der Waals surface area contributed by atoms with Gasteiger partial charge in [-0.25, -0.2) is 0 Å². The van der Waals surface area contributed by atoms with Crippen LogP contribution in [0, 0.1) is 17.8 Å². The lowest BCUT2D eigenvalue weighted by molar-refractivity contribution is -0.302. The number of carboxylic acids is 1. The zero-order valence-electron chi connectivity index (χ0n) is 33.1. The van der Waals surface area contributed by atoms with Crippen LogP contribution in [0.4, 0.5) is 0 Å². The summed E-state index contributed by atoms with van der Waals surface area (Å²) in [5, 5.41) is 95.6. The number of aliphatic carboxylic acids is 1. The third kappa shape index (κ3) is 18.1. The van der Waals surface area contributed by atoms with Crippen LogP contribution in [-0.2, 0) is 23.8 Å². The zero-order valence-corrected chi connectivity index (χ0v) is 33.1. The van der Waals surface area contributed by atoms with Gasteiger partial charge in [0.1, 0.15) is 12.0 Å². The van der Waals surface area contributed by atoms with E-state index >= 15 is 0 Å². The van der Waals surface area contributed by atoms with Crippen molar-refractivity contribution >= 4 is 11.9 Å². The number of hydrogen-bond acceptors (Lipinski definition) is 13. The Kier molecular flexibility index (Phi) is 22.3. The smallest absolute Gasteiger partial charge is 0.311 e. The monoisotopic (exact) mass is 794 g/mol. The summed E-state index contributed by atoms with van der Waals surface area (Å²) < 4.78 is 16.8. The zero-order chi connectivity index (χ0) is 41.8. The summed E-state index contributed by atoms with van der Waals surface area (Å²) in [6.07, 6.45) is 10.0. The highest BCUT2D eigenvalue weighted by atomic mass is 16.6. The molecular formula is C42H66O14. The Morgan fingerprint density at radius 2 is 1.30 bits per heavy atom. The van der Waals surface area contributed by atoms with E-state index in [1.165, 1.54) is 7.11 Å². The lowest BCUT2D eigenvalue weighted by Gasteiger charge is -2.44. The second-order valence-electron chi connectivity index (χ2n) is 15.2. The fourth-order valence-corrected chi connectivity index (χ4v) is 6.83. The van der Waals surface area contributed by atoms with Gasteiger partial charge in [-0.1, -0.05) is 86.8 Å². The van der Waals surface area contributed by atoms with E-state index in [0.717, 1.165) is 12.8 Å². The maximum Gasteiger partial charge on any atom is 0.311 e. The lowest BCUT2D eigenvalue weighted by atomic mass is 9.82. The third-order valence-corrected chi connectivity index (χ3v) is 10.3. The van der Waals surface area contributed by atoms with Crippen LogP contribution in [0.1, 0.15) is 85.0 Å². The number of esters is 1. The Bertz CT molecular complexity index is 1340. The summed E-state index contributed by atoms with van der Waals surface area (Å²) in [4.78, 5) is 24.6. The van der Waals surface area contributed by atoms with E-state index in [2.05, 4.69) is 0 Å². The second-order valence-corrected chi connectivity index (χ2v) is 15.2. The number of allylic oxidation sites excluding steroid dienone is 10. The number of carbonyl (C=O) groups excluding carboxylic acids is 1. The molecule has 0 aromatic heterocycles. The first-order chi connectivity index (χ1) is 26.5. The molecular weight excluding hydrogens is 728 g/mol. The highest BCUT2D eigenvalue weighted by Crippen LogP contribution is 2.37. The molecule has 0 unspecified atom stereocenters. The van der Waals surface area contributed by atoms with Crippen molar-refractivity contribution in [2.45, 2.75) is 152 Å². The Hall–Kier alpha value is -3.02. The minimum Gasteiger partial charge on any atom is -0.481 e. The molecule has 0 saturated carbocycles. The van der Waals surface area contributed by atoms with Gasteiger partial charge >= 0.3 is 11.9 Å². The fraction of sp³-hybridized carbons (Fsp3) is 0.667. The molecule has 56 heavy (non-hydrogen) atoms. The van der Waals surface area contributed by atoms with E-state index in [4.69, 9.17) is 14.2 Å². The van der Waals surface area contributed by atoms with Gasteiger partial charge in [0.2, 0.25) is 0 Å². The quantitative estimate of drug-likeness (QED) is 0.183. The molecule has 0 amide bonds. The molecule has 0 radical (unpaired) electrons. The van der Waals surface area contributed by atoms with Gasteiger partial charge in [-0.2, -0.15) is 0 Å². The van der Waals surface area contributed by atoms with Crippen molar-refractivity contribution in [1.82, 2.24) is 0 Å². The molecule has 318 valence electrons. The van der Waals surface area contributed by atoms with E-state index in [0.29, 0.717) is 0 Å². The number of aliphatic hydroxyl groups excluding tert-OH is 7. The molecule has 9 N–H and O–H groups in total. The number of rotatable bonds is 2. The van der Waals surface area contributed by atoms with Crippen LogP contribution in [0.3, 0.4) is 0 Å². The summed E-state index contributed by atoms with van der Waals surface area (Å²) >= 11 is 0. The largest absolute Gasteiger partial charge is 0.481 e. The van der Waals surface area contributed by atoms with Crippen molar-refractivity contribution in [1.29, 1.82) is 0 Å². The highest BCUT2D eigenvalue weighted by Gasteiger charge is 2.50. The standard InChI is InChI=1S/C42H66O14/c1-27-17-15-13-11-9-7-5-6-8-10-12-14-16-18-33(54-4)24-37-39(41(51)52)36(48)26-42(53,56-37)25-35(47)34(46)20-19-30(43)21-31(44)22-32(45)23-38(49)55-29(3)28(2)40(27)50/h5-6,8,10-18,27-37,39-40,43-48,50,53H,7,9,19-26H2,1-4H3,(H,51,52)/b6-5+,10-8+,13-11+,14-12+,17-15+,18-16+/t27-,28-,29-,30+,31+,32+,33-,34+,35+,36-,37-,39+,40+,42+/m0/s1. The van der Waals surface area contributed by atoms with Crippen molar-refractivity contribution < 1.29 is 69.8 Å². The molecule has 0 spiro atoms. The van der Waals surface area contributed by atoms with Crippen molar-refractivity contribution in [2.24, 2.45) is 17.8 Å².